The summed E-state index contributed by atoms with van der Waals surface area (Å²) in [5.74, 6) is 0.733. The molecule has 0 atom stereocenters. The molecule has 0 aliphatic carbocycles. The number of benzene rings is 2. The summed E-state index contributed by atoms with van der Waals surface area (Å²) in [7, 11) is 0. The van der Waals surface area contributed by atoms with Crippen LogP contribution in [0.2, 0.25) is 0 Å². The molecule has 2 aromatic carbocycles. The van der Waals surface area contributed by atoms with Crippen LogP contribution < -0.4 is 0 Å². The first-order valence-corrected chi connectivity index (χ1v) is 10.4. The van der Waals surface area contributed by atoms with Crippen LogP contribution in [0.25, 0.3) is 0 Å². The van der Waals surface area contributed by atoms with Gasteiger partial charge in [0.1, 0.15) is 0 Å². The van der Waals surface area contributed by atoms with Crippen LogP contribution in [0, 0.1) is 0 Å². The Morgan fingerprint density at radius 3 is 1.48 bits per heavy atom. The molecule has 2 aromatic rings. The van der Waals surface area contributed by atoms with Gasteiger partial charge in [-0.15, -0.1) is 23.2 Å². The number of carbonyl (C=O) groups is 1. The van der Waals surface area contributed by atoms with Gasteiger partial charge >= 0.3 is 0 Å². The zero-order chi connectivity index (χ0) is 20.7. The van der Waals surface area contributed by atoms with Crippen LogP contribution in [0.3, 0.4) is 0 Å². The average molecular weight is 407 g/mol. The van der Waals surface area contributed by atoms with Crippen molar-refractivity contribution in [2.45, 2.75) is 58.8 Å². The Bertz CT molecular complexity index is 702. The first kappa shape index (κ1) is 23.7. The van der Waals surface area contributed by atoms with E-state index in [-0.39, 0.29) is 22.5 Å². The minimum absolute atomic E-state index is 0.0212. The highest BCUT2D eigenvalue weighted by molar-refractivity contribution is 6.30. The predicted octanol–water partition coefficient (Wildman–Crippen LogP) is 7.17. The number of hydrogen-bond donors (Lipinski definition) is 0. The molecule has 0 fully saturated rings. The van der Waals surface area contributed by atoms with E-state index in [1.807, 2.05) is 24.3 Å². The third-order valence-corrected chi connectivity index (χ3v) is 4.83. The monoisotopic (exact) mass is 406 g/mol. The highest BCUT2D eigenvalue weighted by Crippen LogP contribution is 2.23. The Hall–Kier alpha value is -1.31. The van der Waals surface area contributed by atoms with Crippen molar-refractivity contribution in [2.24, 2.45) is 0 Å². The number of hydrogen-bond acceptors (Lipinski definition) is 1. The van der Waals surface area contributed by atoms with Gasteiger partial charge in [0.25, 0.3) is 0 Å². The maximum absolute atomic E-state index is 11.2. The van der Waals surface area contributed by atoms with E-state index in [0.29, 0.717) is 11.4 Å². The molecule has 0 heterocycles. The topological polar surface area (TPSA) is 17.1 Å². The van der Waals surface area contributed by atoms with Gasteiger partial charge in [0.05, 0.1) is 5.88 Å². The first-order chi connectivity index (χ1) is 12.5. The van der Waals surface area contributed by atoms with Gasteiger partial charge in [0, 0.05) is 11.4 Å². The predicted molar refractivity (Wildman–Crippen MR) is 120 cm³/mol. The van der Waals surface area contributed by atoms with E-state index >= 15 is 0 Å². The Kier molecular flexibility index (Phi) is 9.05. The lowest BCUT2D eigenvalue weighted by molar-refractivity contribution is 0.102. The summed E-state index contributed by atoms with van der Waals surface area (Å²) in [6.07, 6.45) is 0.964. The smallest absolute Gasteiger partial charge is 0.177 e. The van der Waals surface area contributed by atoms with Crippen molar-refractivity contribution < 1.29 is 4.79 Å². The molecule has 0 aromatic heterocycles. The molecule has 0 saturated carbocycles. The summed E-state index contributed by atoms with van der Waals surface area (Å²) < 4.78 is 0. The van der Waals surface area contributed by atoms with Crippen molar-refractivity contribution in [3.8, 4) is 0 Å². The van der Waals surface area contributed by atoms with Gasteiger partial charge in [-0.2, -0.15) is 0 Å². The van der Waals surface area contributed by atoms with Crippen LogP contribution in [0.5, 0.6) is 0 Å². The van der Waals surface area contributed by atoms with Gasteiger partial charge in [-0.3, -0.25) is 4.79 Å². The van der Waals surface area contributed by atoms with E-state index in [4.69, 9.17) is 23.2 Å². The lowest BCUT2D eigenvalue weighted by atomic mass is 9.86. The standard InChI is InChI=1S/C12H15ClO.C12H17Cl/c1-12(2,3)10-6-4-9(5-7-10)11(14)8-13;1-12(2,3)11-6-4-10(5-7-11)8-9-13/h4-7H,8H2,1-3H3;4-7H,8-9H2,1-3H3. The highest BCUT2D eigenvalue weighted by atomic mass is 35.5. The van der Waals surface area contributed by atoms with Gasteiger partial charge in [-0.1, -0.05) is 90.1 Å². The molecule has 0 saturated heterocycles. The highest BCUT2D eigenvalue weighted by Gasteiger charge is 2.14. The summed E-state index contributed by atoms with van der Waals surface area (Å²) in [6.45, 7) is 13.1. The largest absolute Gasteiger partial charge is 0.293 e. The van der Waals surface area contributed by atoms with Crippen molar-refractivity contribution in [1.82, 2.24) is 0 Å². The van der Waals surface area contributed by atoms with Crippen molar-refractivity contribution in [1.29, 1.82) is 0 Å². The Labute approximate surface area is 175 Å². The lowest BCUT2D eigenvalue weighted by Gasteiger charge is -2.19. The van der Waals surface area contributed by atoms with Gasteiger partial charge in [-0.25, -0.2) is 0 Å². The summed E-state index contributed by atoms with van der Waals surface area (Å²) in [4.78, 5) is 11.2. The number of aryl methyl sites for hydroxylation is 1. The zero-order valence-electron chi connectivity index (χ0n) is 17.4. The molecule has 1 nitrogen and oxygen atoms in total. The molecule has 2 rings (SSSR count). The Morgan fingerprint density at radius 2 is 1.15 bits per heavy atom. The van der Waals surface area contributed by atoms with Crippen LogP contribution >= 0.6 is 23.2 Å². The lowest BCUT2D eigenvalue weighted by Crippen LogP contribution is -2.11. The maximum atomic E-state index is 11.2. The Balaban J connectivity index is 0.000000271. The number of ketones is 1. The second-order valence-corrected chi connectivity index (χ2v) is 9.42. The fourth-order valence-electron chi connectivity index (χ4n) is 2.51. The third-order valence-electron chi connectivity index (χ3n) is 4.40. The van der Waals surface area contributed by atoms with Crippen molar-refractivity contribution in [3.63, 3.8) is 0 Å². The van der Waals surface area contributed by atoms with Gasteiger partial charge in [0.15, 0.2) is 5.78 Å². The van der Waals surface area contributed by atoms with E-state index in [0.717, 1.165) is 6.42 Å². The van der Waals surface area contributed by atoms with Crippen LogP contribution in [-0.2, 0) is 17.3 Å². The third kappa shape index (κ3) is 8.07. The normalized spacial score (nSPS) is 11.6. The molecule has 3 heteroatoms. The second kappa shape index (κ2) is 10.3. The molecule has 0 N–H and O–H groups in total. The molecule has 0 aliphatic heterocycles. The molecule has 0 aliphatic rings. The maximum Gasteiger partial charge on any atom is 0.177 e. The number of carbonyl (C=O) groups excluding carboxylic acids is 1. The quantitative estimate of drug-likeness (QED) is 0.388. The van der Waals surface area contributed by atoms with E-state index in [1.165, 1.54) is 16.7 Å². The number of halogens is 2. The van der Waals surface area contributed by atoms with Crippen molar-refractivity contribution in [3.05, 3.63) is 70.8 Å². The number of Topliss-reactive ketones (excluding diaryl/α,β-unsaturated/α-hetero) is 1. The molecule has 0 radical (unpaired) electrons. The molecule has 27 heavy (non-hydrogen) atoms. The summed E-state index contributed by atoms with van der Waals surface area (Å²) in [6, 6.07) is 16.4. The van der Waals surface area contributed by atoms with Gasteiger partial charge in [-0.05, 0) is 33.9 Å². The number of alkyl halides is 2. The van der Waals surface area contributed by atoms with Crippen LogP contribution in [-0.4, -0.2) is 17.5 Å². The van der Waals surface area contributed by atoms with Crippen molar-refractivity contribution >= 4 is 29.0 Å². The summed E-state index contributed by atoms with van der Waals surface area (Å²) >= 11 is 11.1. The molecule has 0 bridgehead atoms. The van der Waals surface area contributed by atoms with Crippen LogP contribution in [0.15, 0.2) is 48.5 Å². The minimum atomic E-state index is -0.0212. The Morgan fingerprint density at radius 1 is 0.741 bits per heavy atom. The van der Waals surface area contributed by atoms with Crippen LogP contribution in [0.4, 0.5) is 0 Å². The van der Waals surface area contributed by atoms with Crippen LogP contribution in [0.1, 0.15) is 68.6 Å². The number of rotatable bonds is 4. The summed E-state index contributed by atoms with van der Waals surface area (Å²) in [5, 5.41) is 0. The first-order valence-electron chi connectivity index (χ1n) is 9.34. The van der Waals surface area contributed by atoms with E-state index < -0.39 is 0 Å². The molecule has 0 unspecified atom stereocenters. The zero-order valence-corrected chi connectivity index (χ0v) is 18.9. The second-order valence-electron chi connectivity index (χ2n) is 8.77. The van der Waals surface area contributed by atoms with E-state index in [1.54, 1.807) is 0 Å². The fraction of sp³-hybridized carbons (Fsp3) is 0.458. The fourth-order valence-corrected chi connectivity index (χ4v) is 2.89. The minimum Gasteiger partial charge on any atom is -0.293 e. The molecule has 0 amide bonds. The van der Waals surface area contributed by atoms with E-state index in [2.05, 4.69) is 65.8 Å². The van der Waals surface area contributed by atoms with E-state index in [9.17, 15) is 4.79 Å². The SMILES string of the molecule is CC(C)(C)c1ccc(C(=O)CCl)cc1.CC(C)(C)c1ccc(CCCl)cc1. The summed E-state index contributed by atoms with van der Waals surface area (Å²) in [5.41, 5.74) is 4.99. The molecular weight excluding hydrogens is 375 g/mol. The molecule has 148 valence electrons. The van der Waals surface area contributed by atoms with Gasteiger partial charge in [0.2, 0.25) is 0 Å². The van der Waals surface area contributed by atoms with Gasteiger partial charge < -0.3 is 0 Å². The average Bonchev–Trinajstić information content (AvgIpc) is 2.61. The molecule has 0 spiro atoms. The van der Waals surface area contributed by atoms with Crippen molar-refractivity contribution in [2.75, 3.05) is 11.8 Å². The molecular formula is C24H32Cl2O.